The maximum atomic E-state index is 13.3. The molecular formula is C14H14F3N5O. The lowest BCUT2D eigenvalue weighted by atomic mass is 9.85. The van der Waals surface area contributed by atoms with Crippen molar-refractivity contribution in [2.45, 2.75) is 12.6 Å². The number of nitrogens with one attached hydrogen (secondary N) is 2. The van der Waals surface area contributed by atoms with E-state index in [1.807, 2.05) is 6.07 Å². The maximum absolute atomic E-state index is 13.3. The first kappa shape index (κ1) is 15.5. The average molecular weight is 325 g/mol. The average Bonchev–Trinajstić information content (AvgIpc) is 3.17. The summed E-state index contributed by atoms with van der Waals surface area (Å²) in [4.78, 5) is 13.4. The van der Waals surface area contributed by atoms with Crippen molar-refractivity contribution in [2.24, 2.45) is 5.41 Å². The SMILES string of the molecule is O=C(Nc1cnn(-c2ccccc2)n1)C1(C(F)(F)F)CCNC1. The Morgan fingerprint density at radius 3 is 2.65 bits per heavy atom. The van der Waals surface area contributed by atoms with Crippen molar-refractivity contribution >= 4 is 11.7 Å². The van der Waals surface area contributed by atoms with Gasteiger partial charge in [0.05, 0.1) is 11.9 Å². The molecule has 1 amide bonds. The topological polar surface area (TPSA) is 71.8 Å². The minimum Gasteiger partial charge on any atom is -0.315 e. The van der Waals surface area contributed by atoms with Crippen molar-refractivity contribution in [2.75, 3.05) is 18.4 Å². The van der Waals surface area contributed by atoms with Gasteiger partial charge in [-0.3, -0.25) is 4.79 Å². The first-order valence-electron chi connectivity index (χ1n) is 6.99. The summed E-state index contributed by atoms with van der Waals surface area (Å²) in [5, 5.41) is 12.8. The third-order valence-electron chi connectivity index (χ3n) is 3.85. The first-order chi connectivity index (χ1) is 10.9. The zero-order chi connectivity index (χ0) is 16.5. The summed E-state index contributed by atoms with van der Waals surface area (Å²) < 4.78 is 39.9. The molecular weight excluding hydrogens is 311 g/mol. The Morgan fingerprint density at radius 2 is 2.04 bits per heavy atom. The molecule has 0 radical (unpaired) electrons. The van der Waals surface area contributed by atoms with Gasteiger partial charge >= 0.3 is 6.18 Å². The lowest BCUT2D eigenvalue weighted by Gasteiger charge is -2.28. The lowest BCUT2D eigenvalue weighted by molar-refractivity contribution is -0.213. The molecule has 6 nitrogen and oxygen atoms in total. The van der Waals surface area contributed by atoms with Crippen LogP contribution in [0.2, 0.25) is 0 Å². The summed E-state index contributed by atoms with van der Waals surface area (Å²) in [5.74, 6) is -1.13. The zero-order valence-electron chi connectivity index (χ0n) is 12.0. The van der Waals surface area contributed by atoms with Crippen molar-refractivity contribution in [3.05, 3.63) is 36.5 Å². The summed E-state index contributed by atoms with van der Waals surface area (Å²) >= 11 is 0. The van der Waals surface area contributed by atoms with Gasteiger partial charge in [0.2, 0.25) is 5.91 Å². The second-order valence-electron chi connectivity index (χ2n) is 5.32. The van der Waals surface area contributed by atoms with E-state index in [1.54, 1.807) is 24.3 Å². The fourth-order valence-corrected chi connectivity index (χ4v) is 2.50. The Kier molecular flexibility index (Phi) is 3.80. The molecule has 0 spiro atoms. The predicted octanol–water partition coefficient (Wildman–Crippen LogP) is 1.75. The molecule has 23 heavy (non-hydrogen) atoms. The second kappa shape index (κ2) is 5.65. The smallest absolute Gasteiger partial charge is 0.315 e. The molecule has 1 fully saturated rings. The molecule has 2 N–H and O–H groups in total. The van der Waals surface area contributed by atoms with E-state index in [9.17, 15) is 18.0 Å². The quantitative estimate of drug-likeness (QED) is 0.902. The van der Waals surface area contributed by atoms with Crippen LogP contribution in [0.3, 0.4) is 0 Å². The molecule has 1 atom stereocenters. The van der Waals surface area contributed by atoms with Crippen LogP contribution in [-0.4, -0.2) is 40.2 Å². The Balaban J connectivity index is 1.79. The van der Waals surface area contributed by atoms with Crippen LogP contribution in [-0.2, 0) is 4.79 Å². The fraction of sp³-hybridized carbons (Fsp3) is 0.357. The molecule has 2 aromatic rings. The van der Waals surface area contributed by atoms with Gasteiger partial charge in [-0.05, 0) is 25.1 Å². The summed E-state index contributed by atoms with van der Waals surface area (Å²) in [6.07, 6.45) is -3.71. The number of aromatic nitrogens is 3. The number of rotatable bonds is 3. The largest absolute Gasteiger partial charge is 0.404 e. The van der Waals surface area contributed by atoms with E-state index < -0.39 is 24.0 Å². The van der Waals surface area contributed by atoms with Crippen LogP contribution in [0.25, 0.3) is 5.69 Å². The van der Waals surface area contributed by atoms with Crippen LogP contribution in [0.4, 0.5) is 19.0 Å². The van der Waals surface area contributed by atoms with Crippen LogP contribution in [0.15, 0.2) is 36.5 Å². The number of nitrogens with zero attached hydrogens (tertiary/aromatic N) is 3. The van der Waals surface area contributed by atoms with E-state index in [1.165, 1.54) is 11.0 Å². The standard InChI is InChI=1S/C14H14F3N5O/c15-14(16,17)13(6-7-18-9-13)12(23)20-11-8-19-22(21-11)10-4-2-1-3-5-10/h1-5,8,18H,6-7,9H2,(H,20,21,23). The van der Waals surface area contributed by atoms with E-state index in [2.05, 4.69) is 20.8 Å². The molecule has 1 aliphatic rings. The summed E-state index contributed by atoms with van der Waals surface area (Å²) in [7, 11) is 0. The van der Waals surface area contributed by atoms with Crippen LogP contribution in [0, 0.1) is 5.41 Å². The van der Waals surface area contributed by atoms with Gasteiger partial charge in [0.1, 0.15) is 0 Å². The van der Waals surface area contributed by atoms with Gasteiger partial charge in [0.25, 0.3) is 0 Å². The van der Waals surface area contributed by atoms with Crippen molar-refractivity contribution in [3.8, 4) is 5.69 Å². The highest BCUT2D eigenvalue weighted by atomic mass is 19.4. The molecule has 1 aromatic heterocycles. The number of anilines is 1. The van der Waals surface area contributed by atoms with Crippen LogP contribution in [0.5, 0.6) is 0 Å². The molecule has 1 unspecified atom stereocenters. The second-order valence-corrected chi connectivity index (χ2v) is 5.32. The maximum Gasteiger partial charge on any atom is 0.404 e. The molecule has 1 aromatic carbocycles. The number of hydrogen-bond donors (Lipinski definition) is 2. The number of benzene rings is 1. The fourth-order valence-electron chi connectivity index (χ4n) is 2.50. The van der Waals surface area contributed by atoms with E-state index >= 15 is 0 Å². The summed E-state index contributed by atoms with van der Waals surface area (Å²) in [6, 6.07) is 8.85. The van der Waals surface area contributed by atoms with Crippen molar-refractivity contribution < 1.29 is 18.0 Å². The van der Waals surface area contributed by atoms with E-state index in [-0.39, 0.29) is 18.8 Å². The molecule has 0 bridgehead atoms. The van der Waals surface area contributed by atoms with E-state index in [0.29, 0.717) is 5.69 Å². The number of carbonyl (C=O) groups excluding carboxylic acids is 1. The number of amides is 1. The molecule has 9 heteroatoms. The Labute approximate surface area is 129 Å². The molecule has 122 valence electrons. The first-order valence-corrected chi connectivity index (χ1v) is 6.99. The number of carbonyl (C=O) groups is 1. The van der Waals surface area contributed by atoms with Gasteiger partial charge < -0.3 is 10.6 Å². The van der Waals surface area contributed by atoms with Crippen molar-refractivity contribution in [1.82, 2.24) is 20.3 Å². The van der Waals surface area contributed by atoms with Crippen LogP contribution in [0.1, 0.15) is 6.42 Å². The van der Waals surface area contributed by atoms with Gasteiger partial charge in [-0.25, -0.2) is 0 Å². The number of hydrogen-bond acceptors (Lipinski definition) is 4. The van der Waals surface area contributed by atoms with Gasteiger partial charge in [-0.2, -0.15) is 18.3 Å². The van der Waals surface area contributed by atoms with E-state index in [4.69, 9.17) is 0 Å². The minimum absolute atomic E-state index is 0.0191. The molecule has 1 saturated heterocycles. The molecule has 1 aliphatic heterocycles. The number of alkyl halides is 3. The van der Waals surface area contributed by atoms with Crippen molar-refractivity contribution in [1.29, 1.82) is 0 Å². The Bertz CT molecular complexity index is 692. The highest BCUT2D eigenvalue weighted by molar-refractivity contribution is 5.95. The summed E-state index contributed by atoms with van der Waals surface area (Å²) in [6.45, 7) is -0.293. The van der Waals surface area contributed by atoms with Crippen LogP contribution >= 0.6 is 0 Å². The van der Waals surface area contributed by atoms with Gasteiger partial charge in [0.15, 0.2) is 11.2 Å². The predicted molar refractivity (Wildman–Crippen MR) is 76.0 cm³/mol. The molecule has 3 rings (SSSR count). The minimum atomic E-state index is -4.63. The Morgan fingerprint density at radius 1 is 1.30 bits per heavy atom. The van der Waals surface area contributed by atoms with Crippen LogP contribution < -0.4 is 10.6 Å². The Hall–Kier alpha value is -2.42. The van der Waals surface area contributed by atoms with Gasteiger partial charge in [0, 0.05) is 6.54 Å². The van der Waals surface area contributed by atoms with E-state index in [0.717, 1.165) is 0 Å². The molecule has 2 heterocycles. The third kappa shape index (κ3) is 2.79. The van der Waals surface area contributed by atoms with Gasteiger partial charge in [-0.1, -0.05) is 18.2 Å². The molecule has 0 aliphatic carbocycles. The third-order valence-corrected chi connectivity index (χ3v) is 3.85. The van der Waals surface area contributed by atoms with Gasteiger partial charge in [-0.15, -0.1) is 9.90 Å². The van der Waals surface area contributed by atoms with Crippen molar-refractivity contribution in [3.63, 3.8) is 0 Å². The lowest BCUT2D eigenvalue weighted by Crippen LogP contribution is -2.49. The highest BCUT2D eigenvalue weighted by Crippen LogP contribution is 2.43. The normalized spacial score (nSPS) is 21.3. The monoisotopic (exact) mass is 325 g/mol. The summed E-state index contributed by atoms with van der Waals surface area (Å²) in [5.41, 5.74) is -1.79. The zero-order valence-corrected chi connectivity index (χ0v) is 12.0. The highest BCUT2D eigenvalue weighted by Gasteiger charge is 2.61. The number of para-hydroxylation sites is 1. The number of halogens is 3. The molecule has 0 saturated carbocycles.